The van der Waals surface area contributed by atoms with Crippen molar-refractivity contribution in [1.82, 2.24) is 19.9 Å². The highest BCUT2D eigenvalue weighted by Crippen LogP contribution is 2.28. The number of aromatic nitrogens is 4. The van der Waals surface area contributed by atoms with Gasteiger partial charge < -0.3 is 0 Å². The van der Waals surface area contributed by atoms with Gasteiger partial charge in [0.05, 0.1) is 17.5 Å². The summed E-state index contributed by atoms with van der Waals surface area (Å²) in [7, 11) is 1.84. The van der Waals surface area contributed by atoms with Crippen LogP contribution in [0.4, 0.5) is 0 Å². The topological polar surface area (TPSA) is 76.7 Å². The summed E-state index contributed by atoms with van der Waals surface area (Å²) in [6, 6.07) is 9.77. The minimum Gasteiger partial charge on any atom is -0.296 e. The predicted octanol–water partition coefficient (Wildman–Crippen LogP) is 1.43. The third kappa shape index (κ3) is 1.64. The van der Waals surface area contributed by atoms with Crippen LogP contribution in [0.3, 0.4) is 0 Å². The number of H-pyrrole nitrogens is 1. The van der Waals surface area contributed by atoms with E-state index in [1.165, 1.54) is 0 Å². The monoisotopic (exact) mass is 242 g/mol. The van der Waals surface area contributed by atoms with Gasteiger partial charge in [0.1, 0.15) is 0 Å². The Morgan fingerprint density at radius 3 is 2.72 bits per heavy atom. The molecule has 0 aliphatic carbocycles. The van der Waals surface area contributed by atoms with Gasteiger partial charge in [0, 0.05) is 12.6 Å². The van der Waals surface area contributed by atoms with Gasteiger partial charge in [-0.25, -0.2) is 4.79 Å². The van der Waals surface area contributed by atoms with Crippen LogP contribution < -0.4 is 5.76 Å². The molecule has 0 atom stereocenters. The van der Waals surface area contributed by atoms with Crippen molar-refractivity contribution in [3.05, 3.63) is 47.1 Å². The first-order chi connectivity index (χ1) is 8.75. The number of aromatic amines is 1. The van der Waals surface area contributed by atoms with E-state index in [-0.39, 0.29) is 0 Å². The van der Waals surface area contributed by atoms with Gasteiger partial charge in [-0.05, 0) is 0 Å². The highest BCUT2D eigenvalue weighted by atomic mass is 16.5. The fourth-order valence-corrected chi connectivity index (χ4v) is 1.90. The van der Waals surface area contributed by atoms with Gasteiger partial charge in [0.25, 0.3) is 0 Å². The summed E-state index contributed by atoms with van der Waals surface area (Å²) in [4.78, 5) is 13.5. The molecule has 0 spiro atoms. The highest BCUT2D eigenvalue weighted by molar-refractivity contribution is 5.77. The van der Waals surface area contributed by atoms with Crippen LogP contribution in [0.1, 0.15) is 0 Å². The highest BCUT2D eigenvalue weighted by Gasteiger charge is 2.15. The Balaban J connectivity index is 2.21. The summed E-state index contributed by atoms with van der Waals surface area (Å²) >= 11 is 0. The molecule has 2 heterocycles. The SMILES string of the molecule is Cn1ncc(-c2noc(=O)[nH]2)c1-c1ccccc1. The molecule has 6 nitrogen and oxygen atoms in total. The fourth-order valence-electron chi connectivity index (χ4n) is 1.90. The first-order valence-corrected chi connectivity index (χ1v) is 5.39. The smallest absolute Gasteiger partial charge is 0.296 e. The zero-order valence-corrected chi connectivity index (χ0v) is 9.62. The predicted molar refractivity (Wildman–Crippen MR) is 64.8 cm³/mol. The van der Waals surface area contributed by atoms with Gasteiger partial charge in [0.15, 0.2) is 5.82 Å². The van der Waals surface area contributed by atoms with Gasteiger partial charge in [-0.15, -0.1) is 0 Å². The van der Waals surface area contributed by atoms with Gasteiger partial charge in [-0.1, -0.05) is 35.5 Å². The summed E-state index contributed by atoms with van der Waals surface area (Å²) in [6.45, 7) is 0. The molecule has 90 valence electrons. The van der Waals surface area contributed by atoms with E-state index >= 15 is 0 Å². The zero-order valence-electron chi connectivity index (χ0n) is 9.62. The molecule has 0 fully saturated rings. The molecular weight excluding hydrogens is 232 g/mol. The van der Waals surface area contributed by atoms with E-state index in [9.17, 15) is 4.79 Å². The molecule has 6 heteroatoms. The normalized spacial score (nSPS) is 10.7. The Labute approximate surface area is 102 Å². The lowest BCUT2D eigenvalue weighted by Crippen LogP contribution is -1.96. The van der Waals surface area contributed by atoms with Crippen LogP contribution in [0.2, 0.25) is 0 Å². The average molecular weight is 242 g/mol. The Morgan fingerprint density at radius 2 is 2.06 bits per heavy atom. The lowest BCUT2D eigenvalue weighted by molar-refractivity contribution is 0.388. The standard InChI is InChI=1S/C12H10N4O2/c1-16-10(8-5-3-2-4-6-8)9(7-13-16)11-14-12(17)18-15-11/h2-7H,1H3,(H,14,15,17). The number of rotatable bonds is 2. The Bertz CT molecular complexity index is 724. The molecule has 0 amide bonds. The summed E-state index contributed by atoms with van der Waals surface area (Å²) < 4.78 is 6.25. The number of aryl methyl sites for hydroxylation is 1. The summed E-state index contributed by atoms with van der Waals surface area (Å²) in [5.74, 6) is -0.195. The lowest BCUT2D eigenvalue weighted by Gasteiger charge is -2.03. The van der Waals surface area contributed by atoms with Crippen LogP contribution in [-0.2, 0) is 7.05 Å². The maximum atomic E-state index is 11.0. The van der Waals surface area contributed by atoms with Gasteiger partial charge >= 0.3 is 5.76 Å². The van der Waals surface area contributed by atoms with Crippen LogP contribution in [0.5, 0.6) is 0 Å². The average Bonchev–Trinajstić information content (AvgIpc) is 2.96. The van der Waals surface area contributed by atoms with Crippen LogP contribution in [-0.4, -0.2) is 19.9 Å². The largest absolute Gasteiger partial charge is 0.439 e. The molecule has 0 aliphatic rings. The minimum absolute atomic E-state index is 0.381. The van der Waals surface area contributed by atoms with E-state index in [1.54, 1.807) is 10.9 Å². The molecule has 0 radical (unpaired) electrons. The van der Waals surface area contributed by atoms with E-state index < -0.39 is 5.76 Å². The van der Waals surface area contributed by atoms with Crippen LogP contribution in [0, 0.1) is 0 Å². The number of benzene rings is 1. The van der Waals surface area contributed by atoms with Crippen molar-refractivity contribution in [2.45, 2.75) is 0 Å². The third-order valence-corrected chi connectivity index (χ3v) is 2.68. The van der Waals surface area contributed by atoms with Crippen molar-refractivity contribution >= 4 is 0 Å². The van der Waals surface area contributed by atoms with E-state index in [0.29, 0.717) is 5.82 Å². The quantitative estimate of drug-likeness (QED) is 0.737. The Morgan fingerprint density at radius 1 is 1.28 bits per heavy atom. The van der Waals surface area contributed by atoms with Crippen LogP contribution >= 0.6 is 0 Å². The van der Waals surface area contributed by atoms with E-state index in [0.717, 1.165) is 16.8 Å². The van der Waals surface area contributed by atoms with Crippen molar-refractivity contribution in [2.75, 3.05) is 0 Å². The van der Waals surface area contributed by atoms with E-state index in [1.807, 2.05) is 37.4 Å². The summed E-state index contributed by atoms with van der Waals surface area (Å²) in [6.07, 6.45) is 1.65. The molecule has 0 bridgehead atoms. The summed E-state index contributed by atoms with van der Waals surface area (Å²) in [5.41, 5.74) is 2.60. The molecule has 18 heavy (non-hydrogen) atoms. The number of hydrogen-bond donors (Lipinski definition) is 1. The molecule has 0 unspecified atom stereocenters. The van der Waals surface area contributed by atoms with Crippen LogP contribution in [0.15, 0.2) is 45.8 Å². The van der Waals surface area contributed by atoms with Crippen molar-refractivity contribution in [2.24, 2.45) is 7.05 Å². The second kappa shape index (κ2) is 3.99. The number of nitrogens with one attached hydrogen (secondary N) is 1. The van der Waals surface area contributed by atoms with Gasteiger partial charge in [-0.2, -0.15) is 5.10 Å². The van der Waals surface area contributed by atoms with Crippen molar-refractivity contribution in [3.63, 3.8) is 0 Å². The third-order valence-electron chi connectivity index (χ3n) is 2.68. The fraction of sp³-hybridized carbons (Fsp3) is 0.0833. The second-order valence-electron chi connectivity index (χ2n) is 3.84. The molecule has 1 aromatic carbocycles. The Kier molecular flexibility index (Phi) is 2.33. The molecule has 0 saturated heterocycles. The lowest BCUT2D eigenvalue weighted by atomic mass is 10.1. The van der Waals surface area contributed by atoms with E-state index in [4.69, 9.17) is 0 Å². The first kappa shape index (κ1) is 10.5. The molecule has 3 rings (SSSR count). The molecule has 0 aliphatic heterocycles. The first-order valence-electron chi connectivity index (χ1n) is 5.39. The van der Waals surface area contributed by atoms with Gasteiger partial charge in [0.2, 0.25) is 0 Å². The number of nitrogens with zero attached hydrogens (tertiary/aromatic N) is 3. The molecule has 1 N–H and O–H groups in total. The molecule has 2 aromatic heterocycles. The maximum Gasteiger partial charge on any atom is 0.439 e. The van der Waals surface area contributed by atoms with Crippen LogP contribution in [0.25, 0.3) is 22.6 Å². The number of hydrogen-bond acceptors (Lipinski definition) is 4. The second-order valence-corrected chi connectivity index (χ2v) is 3.84. The summed E-state index contributed by atoms with van der Waals surface area (Å²) in [5, 5.41) is 7.88. The van der Waals surface area contributed by atoms with Gasteiger partial charge in [-0.3, -0.25) is 14.2 Å². The van der Waals surface area contributed by atoms with Crippen molar-refractivity contribution in [3.8, 4) is 22.6 Å². The van der Waals surface area contributed by atoms with Crippen molar-refractivity contribution < 1.29 is 4.52 Å². The Hall–Kier alpha value is -2.63. The molecule has 0 saturated carbocycles. The minimum atomic E-state index is -0.576. The maximum absolute atomic E-state index is 11.0. The molecular formula is C12H10N4O2. The molecule has 3 aromatic rings. The zero-order chi connectivity index (χ0) is 12.5. The van der Waals surface area contributed by atoms with E-state index in [2.05, 4.69) is 19.8 Å². The van der Waals surface area contributed by atoms with Crippen molar-refractivity contribution in [1.29, 1.82) is 0 Å².